The zero-order valence-electron chi connectivity index (χ0n) is 14.2. The first-order valence-electron chi connectivity index (χ1n) is 8.08. The van der Waals surface area contributed by atoms with Gasteiger partial charge in [-0.3, -0.25) is 0 Å². The second kappa shape index (κ2) is 7.89. The minimum absolute atomic E-state index is 0. The lowest BCUT2D eigenvalue weighted by molar-refractivity contribution is -0.139. The summed E-state index contributed by atoms with van der Waals surface area (Å²) in [5.41, 5.74) is -0.810. The zero-order chi connectivity index (χ0) is 16.8. The van der Waals surface area contributed by atoms with Crippen molar-refractivity contribution in [2.45, 2.75) is 63.3 Å². The summed E-state index contributed by atoms with van der Waals surface area (Å²) in [6.45, 7) is 4.80. The van der Waals surface area contributed by atoms with Crippen molar-refractivity contribution < 1.29 is 17.6 Å². The number of rotatable bonds is 1. The highest BCUT2D eigenvalue weighted by Gasteiger charge is 2.41. The number of piperazine rings is 1. The van der Waals surface area contributed by atoms with E-state index in [1.165, 1.54) is 6.07 Å². The Hall–Kier alpha value is -0.720. The Morgan fingerprint density at radius 2 is 1.76 bits per heavy atom. The Morgan fingerprint density at radius 1 is 1.12 bits per heavy atom. The molecule has 8 heteroatoms. The molecule has 1 N–H and O–H groups in total. The Kier molecular flexibility index (Phi) is 7.04. The molecule has 2 aliphatic rings. The number of halogens is 6. The third kappa shape index (κ3) is 4.72. The van der Waals surface area contributed by atoms with Crippen LogP contribution in [0.2, 0.25) is 0 Å². The molecule has 1 saturated heterocycles. The van der Waals surface area contributed by atoms with Crippen molar-refractivity contribution in [1.29, 1.82) is 0 Å². The Bertz CT molecular complexity index is 593. The first-order valence-corrected chi connectivity index (χ1v) is 8.08. The van der Waals surface area contributed by atoms with Crippen molar-refractivity contribution in [2.75, 3.05) is 11.4 Å². The summed E-state index contributed by atoms with van der Waals surface area (Å²) in [5.74, 6) is -1.20. The van der Waals surface area contributed by atoms with E-state index < -0.39 is 17.6 Å². The molecule has 0 bridgehead atoms. The van der Waals surface area contributed by atoms with Crippen LogP contribution < -0.4 is 10.2 Å². The monoisotopic (exact) mass is 402 g/mol. The van der Waals surface area contributed by atoms with Gasteiger partial charge < -0.3 is 10.2 Å². The summed E-state index contributed by atoms with van der Waals surface area (Å²) < 4.78 is 52.2. The molecule has 0 radical (unpaired) electrons. The van der Waals surface area contributed by atoms with Gasteiger partial charge in [0.05, 0.1) is 5.56 Å². The second-order valence-corrected chi connectivity index (χ2v) is 7.28. The van der Waals surface area contributed by atoms with E-state index in [0.717, 1.165) is 37.8 Å². The Labute approximate surface area is 158 Å². The molecule has 1 aromatic carbocycles. The molecule has 25 heavy (non-hydrogen) atoms. The highest BCUT2D eigenvalue weighted by molar-refractivity contribution is 5.85. The number of nitrogens with one attached hydrogen (secondary N) is 1. The lowest BCUT2D eigenvalue weighted by Crippen LogP contribution is -2.67. The number of fused-ring (bicyclic) bond motifs is 1. The minimum atomic E-state index is -4.65. The van der Waals surface area contributed by atoms with Crippen LogP contribution in [0.4, 0.5) is 23.2 Å². The molecule has 2 atom stereocenters. The van der Waals surface area contributed by atoms with Crippen LogP contribution in [0.1, 0.15) is 45.1 Å². The summed E-state index contributed by atoms with van der Waals surface area (Å²) >= 11 is 0. The highest BCUT2D eigenvalue weighted by atomic mass is 35.5. The lowest BCUT2D eigenvalue weighted by atomic mass is 9.83. The minimum Gasteiger partial charge on any atom is -0.365 e. The standard InChI is InChI=1S/C17H22F4N2.2ClH/c1-16(2)10-23(15-6-4-3-5-14(15)22-16)11-7-8-12(13(18)9-11)17(19,20)21;;/h7-9,14-15,22H,3-6,10H2,1-2H3;2*1H/t14-,15-;;/m0../s1. The average Bonchev–Trinajstić information content (AvgIpc) is 2.44. The van der Waals surface area contributed by atoms with Gasteiger partial charge in [-0.15, -0.1) is 24.8 Å². The van der Waals surface area contributed by atoms with E-state index in [1.54, 1.807) is 0 Å². The molecule has 0 amide bonds. The van der Waals surface area contributed by atoms with E-state index in [-0.39, 0.29) is 36.4 Å². The Morgan fingerprint density at radius 3 is 2.36 bits per heavy atom. The molecular weight excluding hydrogens is 379 g/mol. The van der Waals surface area contributed by atoms with E-state index in [4.69, 9.17) is 0 Å². The van der Waals surface area contributed by atoms with Crippen molar-refractivity contribution >= 4 is 30.5 Å². The summed E-state index contributed by atoms with van der Waals surface area (Å²) in [6.07, 6.45) is -0.370. The number of benzene rings is 1. The molecule has 2 fully saturated rings. The molecule has 1 saturated carbocycles. The zero-order valence-corrected chi connectivity index (χ0v) is 15.8. The SMILES string of the molecule is CC1(C)CN(c2ccc(C(F)(F)F)c(F)c2)[C@H]2CCCC[C@@H]2N1.Cl.Cl. The van der Waals surface area contributed by atoms with E-state index in [2.05, 4.69) is 24.1 Å². The molecule has 0 unspecified atom stereocenters. The van der Waals surface area contributed by atoms with Crippen LogP contribution >= 0.6 is 24.8 Å². The normalized spacial score (nSPS) is 25.4. The summed E-state index contributed by atoms with van der Waals surface area (Å²) in [5, 5.41) is 3.63. The summed E-state index contributed by atoms with van der Waals surface area (Å²) in [6, 6.07) is 3.82. The lowest BCUT2D eigenvalue weighted by Gasteiger charge is -2.52. The van der Waals surface area contributed by atoms with Gasteiger partial charge in [-0.05, 0) is 44.9 Å². The first-order chi connectivity index (χ1) is 10.7. The van der Waals surface area contributed by atoms with Gasteiger partial charge in [-0.25, -0.2) is 4.39 Å². The van der Waals surface area contributed by atoms with Gasteiger partial charge >= 0.3 is 6.18 Å². The van der Waals surface area contributed by atoms with Crippen LogP contribution in [0.25, 0.3) is 0 Å². The third-order valence-electron chi connectivity index (χ3n) is 4.86. The second-order valence-electron chi connectivity index (χ2n) is 7.28. The predicted molar refractivity (Wildman–Crippen MR) is 96.5 cm³/mol. The molecule has 1 aliphatic heterocycles. The van der Waals surface area contributed by atoms with E-state index in [0.29, 0.717) is 18.3 Å². The Balaban J connectivity index is 0.00000156. The van der Waals surface area contributed by atoms with Crippen molar-refractivity contribution in [3.05, 3.63) is 29.6 Å². The smallest absolute Gasteiger partial charge is 0.365 e. The van der Waals surface area contributed by atoms with Gasteiger partial charge in [0.1, 0.15) is 5.82 Å². The van der Waals surface area contributed by atoms with Gasteiger partial charge in [-0.1, -0.05) is 12.8 Å². The fraction of sp³-hybridized carbons (Fsp3) is 0.647. The molecule has 144 valence electrons. The fourth-order valence-electron chi connectivity index (χ4n) is 3.94. The van der Waals surface area contributed by atoms with Crippen LogP contribution in [-0.4, -0.2) is 24.2 Å². The largest absolute Gasteiger partial charge is 0.419 e. The van der Waals surface area contributed by atoms with Gasteiger partial charge in [0.15, 0.2) is 0 Å². The van der Waals surface area contributed by atoms with Gasteiger partial charge in [0.2, 0.25) is 0 Å². The molecule has 2 nitrogen and oxygen atoms in total. The summed E-state index contributed by atoms with van der Waals surface area (Å²) in [7, 11) is 0. The molecule has 1 heterocycles. The predicted octanol–water partition coefficient (Wildman–Crippen LogP) is 5.19. The molecular formula is C17H24Cl2F4N2. The topological polar surface area (TPSA) is 15.3 Å². The quantitative estimate of drug-likeness (QED) is 0.650. The number of hydrogen-bond acceptors (Lipinski definition) is 2. The number of nitrogens with zero attached hydrogens (tertiary/aromatic N) is 1. The highest BCUT2D eigenvalue weighted by Crippen LogP contribution is 2.37. The molecule has 3 rings (SSSR count). The third-order valence-corrected chi connectivity index (χ3v) is 4.86. The number of alkyl halides is 3. The van der Waals surface area contributed by atoms with Crippen LogP contribution in [-0.2, 0) is 6.18 Å². The maximum absolute atomic E-state index is 14.0. The van der Waals surface area contributed by atoms with Crippen LogP contribution in [0.5, 0.6) is 0 Å². The van der Waals surface area contributed by atoms with E-state index in [1.807, 2.05) is 0 Å². The molecule has 0 spiro atoms. The van der Waals surface area contributed by atoms with Crippen molar-refractivity contribution in [3.8, 4) is 0 Å². The fourth-order valence-corrected chi connectivity index (χ4v) is 3.94. The van der Waals surface area contributed by atoms with Crippen molar-refractivity contribution in [1.82, 2.24) is 5.32 Å². The molecule has 0 aromatic heterocycles. The first kappa shape index (κ1) is 22.3. The van der Waals surface area contributed by atoms with Crippen molar-refractivity contribution in [3.63, 3.8) is 0 Å². The maximum Gasteiger partial charge on any atom is 0.419 e. The maximum atomic E-state index is 14.0. The van der Waals surface area contributed by atoms with Crippen LogP contribution in [0.15, 0.2) is 18.2 Å². The van der Waals surface area contributed by atoms with Gasteiger partial charge in [-0.2, -0.15) is 13.2 Å². The van der Waals surface area contributed by atoms with Crippen molar-refractivity contribution in [2.24, 2.45) is 0 Å². The number of anilines is 1. The van der Waals surface area contributed by atoms with E-state index in [9.17, 15) is 17.6 Å². The summed E-state index contributed by atoms with van der Waals surface area (Å²) in [4.78, 5) is 2.09. The molecule has 1 aromatic rings. The van der Waals surface area contributed by atoms with E-state index >= 15 is 0 Å². The van der Waals surface area contributed by atoms with Crippen LogP contribution in [0.3, 0.4) is 0 Å². The van der Waals surface area contributed by atoms with Gasteiger partial charge in [0.25, 0.3) is 0 Å². The van der Waals surface area contributed by atoms with Gasteiger partial charge in [0, 0.05) is 29.9 Å². The molecule has 1 aliphatic carbocycles. The van der Waals surface area contributed by atoms with Crippen LogP contribution in [0, 0.1) is 5.82 Å². The number of hydrogen-bond donors (Lipinski definition) is 1. The average molecular weight is 403 g/mol.